The molecule has 1 aliphatic carbocycles. The first kappa shape index (κ1) is 12.5. The highest BCUT2D eigenvalue weighted by atomic mass is 32.2. The summed E-state index contributed by atoms with van der Waals surface area (Å²) in [7, 11) is 0. The number of thioether (sulfide) groups is 1. The number of rotatable bonds is 5. The van der Waals surface area contributed by atoms with Crippen molar-refractivity contribution < 1.29 is 0 Å². The van der Waals surface area contributed by atoms with Crippen molar-refractivity contribution in [3.8, 4) is 0 Å². The molecule has 0 aromatic carbocycles. The van der Waals surface area contributed by atoms with Crippen LogP contribution in [-0.2, 0) is 0 Å². The molecule has 2 N–H and O–H groups in total. The van der Waals surface area contributed by atoms with Crippen molar-refractivity contribution in [2.45, 2.75) is 43.8 Å². The van der Waals surface area contributed by atoms with Crippen molar-refractivity contribution in [2.75, 3.05) is 23.4 Å². The minimum Gasteiger partial charge on any atom is -0.370 e. The van der Waals surface area contributed by atoms with Gasteiger partial charge in [0.05, 0.1) is 0 Å². The molecule has 1 fully saturated rings. The van der Waals surface area contributed by atoms with Crippen molar-refractivity contribution in [1.82, 2.24) is 9.97 Å². The van der Waals surface area contributed by atoms with Crippen LogP contribution in [0.4, 0.5) is 11.6 Å². The van der Waals surface area contributed by atoms with Gasteiger partial charge in [-0.15, -0.1) is 0 Å². The lowest BCUT2D eigenvalue weighted by Gasteiger charge is -2.39. The predicted molar refractivity (Wildman–Crippen MR) is 73.9 cm³/mol. The lowest BCUT2D eigenvalue weighted by molar-refractivity contribution is 0.305. The summed E-state index contributed by atoms with van der Waals surface area (Å²) in [6.07, 6.45) is 5.76. The van der Waals surface area contributed by atoms with Crippen molar-refractivity contribution in [3.05, 3.63) is 6.07 Å². The standard InChI is InChI=1S/C12H20N4S/c1-4-13-9-8-10(15-11(14-9)17-3)16-12(2)6-5-7-12/h8H,4-7H2,1-3H3,(H2,13,14,15,16). The van der Waals surface area contributed by atoms with E-state index < -0.39 is 0 Å². The van der Waals surface area contributed by atoms with E-state index in [0.29, 0.717) is 0 Å². The zero-order valence-electron chi connectivity index (χ0n) is 10.7. The Morgan fingerprint density at radius 1 is 1.35 bits per heavy atom. The van der Waals surface area contributed by atoms with Gasteiger partial charge in [0.1, 0.15) is 11.6 Å². The quantitative estimate of drug-likeness (QED) is 0.623. The monoisotopic (exact) mass is 252 g/mol. The minimum absolute atomic E-state index is 0.230. The van der Waals surface area contributed by atoms with Gasteiger partial charge in [-0.2, -0.15) is 0 Å². The van der Waals surface area contributed by atoms with Crippen molar-refractivity contribution in [2.24, 2.45) is 0 Å². The lowest BCUT2D eigenvalue weighted by Crippen LogP contribution is -2.41. The van der Waals surface area contributed by atoms with E-state index in [4.69, 9.17) is 0 Å². The van der Waals surface area contributed by atoms with E-state index in [9.17, 15) is 0 Å². The van der Waals surface area contributed by atoms with E-state index in [2.05, 4.69) is 34.4 Å². The number of anilines is 2. The molecule has 0 bridgehead atoms. The minimum atomic E-state index is 0.230. The van der Waals surface area contributed by atoms with E-state index in [1.807, 2.05) is 12.3 Å². The molecule has 1 saturated carbocycles. The Morgan fingerprint density at radius 2 is 2.06 bits per heavy atom. The average Bonchev–Trinajstić information content (AvgIpc) is 2.27. The smallest absolute Gasteiger partial charge is 0.191 e. The second kappa shape index (κ2) is 5.12. The second-order valence-corrected chi connectivity index (χ2v) is 5.47. The van der Waals surface area contributed by atoms with Crippen LogP contribution in [0.25, 0.3) is 0 Å². The molecule has 0 radical (unpaired) electrons. The average molecular weight is 252 g/mol. The van der Waals surface area contributed by atoms with Crippen LogP contribution in [0.2, 0.25) is 0 Å². The maximum absolute atomic E-state index is 4.50. The fraction of sp³-hybridized carbons (Fsp3) is 0.667. The summed E-state index contributed by atoms with van der Waals surface area (Å²) in [6.45, 7) is 5.20. The molecule has 4 nitrogen and oxygen atoms in total. The molecule has 0 unspecified atom stereocenters. The third kappa shape index (κ3) is 3.03. The number of nitrogens with one attached hydrogen (secondary N) is 2. The topological polar surface area (TPSA) is 49.8 Å². The Bertz CT molecular complexity index is 390. The molecule has 1 aromatic rings. The molecule has 0 aliphatic heterocycles. The molecule has 1 aliphatic rings. The summed E-state index contributed by atoms with van der Waals surface area (Å²) in [4.78, 5) is 8.92. The van der Waals surface area contributed by atoms with E-state index in [1.165, 1.54) is 19.3 Å². The molecule has 94 valence electrons. The van der Waals surface area contributed by atoms with Gasteiger partial charge >= 0.3 is 0 Å². The van der Waals surface area contributed by atoms with Gasteiger partial charge in [0.15, 0.2) is 5.16 Å². The van der Waals surface area contributed by atoms with Crippen LogP contribution in [0.5, 0.6) is 0 Å². The number of nitrogens with zero attached hydrogens (tertiary/aromatic N) is 2. The Labute approximate surface area is 107 Å². The Morgan fingerprint density at radius 3 is 2.59 bits per heavy atom. The van der Waals surface area contributed by atoms with E-state index in [0.717, 1.165) is 23.3 Å². The van der Waals surface area contributed by atoms with Gasteiger partial charge in [-0.3, -0.25) is 0 Å². The van der Waals surface area contributed by atoms with Gasteiger partial charge in [0.25, 0.3) is 0 Å². The highest BCUT2D eigenvalue weighted by Crippen LogP contribution is 2.34. The molecule has 5 heteroatoms. The highest BCUT2D eigenvalue weighted by Gasteiger charge is 2.31. The van der Waals surface area contributed by atoms with Crippen LogP contribution in [0.3, 0.4) is 0 Å². The zero-order chi connectivity index (χ0) is 12.3. The SMILES string of the molecule is CCNc1cc(NC2(C)CCC2)nc(SC)n1. The summed E-state index contributed by atoms with van der Waals surface area (Å²) in [5.41, 5.74) is 0.230. The molecular weight excluding hydrogens is 232 g/mol. The first-order chi connectivity index (χ1) is 8.15. The number of hydrogen-bond acceptors (Lipinski definition) is 5. The van der Waals surface area contributed by atoms with Crippen molar-refractivity contribution >= 4 is 23.4 Å². The zero-order valence-corrected chi connectivity index (χ0v) is 11.5. The van der Waals surface area contributed by atoms with Crippen LogP contribution < -0.4 is 10.6 Å². The van der Waals surface area contributed by atoms with Crippen LogP contribution >= 0.6 is 11.8 Å². The normalized spacial score (nSPS) is 17.4. The molecule has 17 heavy (non-hydrogen) atoms. The van der Waals surface area contributed by atoms with E-state index in [1.54, 1.807) is 11.8 Å². The van der Waals surface area contributed by atoms with Gasteiger partial charge in [0, 0.05) is 18.2 Å². The number of hydrogen-bond donors (Lipinski definition) is 2. The van der Waals surface area contributed by atoms with Crippen molar-refractivity contribution in [3.63, 3.8) is 0 Å². The van der Waals surface area contributed by atoms with Crippen LogP contribution in [0, 0.1) is 0 Å². The molecule has 0 atom stereocenters. The first-order valence-corrected chi connectivity index (χ1v) is 7.33. The molecule has 0 spiro atoms. The predicted octanol–water partition coefficient (Wildman–Crippen LogP) is 2.98. The molecule has 1 heterocycles. The van der Waals surface area contributed by atoms with Crippen LogP contribution in [0.15, 0.2) is 11.2 Å². The summed E-state index contributed by atoms with van der Waals surface area (Å²) >= 11 is 1.57. The fourth-order valence-electron chi connectivity index (χ4n) is 1.99. The third-order valence-electron chi connectivity index (χ3n) is 3.13. The molecule has 2 rings (SSSR count). The molecule has 0 saturated heterocycles. The van der Waals surface area contributed by atoms with Crippen molar-refractivity contribution in [1.29, 1.82) is 0 Å². The largest absolute Gasteiger partial charge is 0.370 e. The van der Waals surface area contributed by atoms with Gasteiger partial charge in [-0.1, -0.05) is 11.8 Å². The van der Waals surface area contributed by atoms with Gasteiger partial charge in [-0.25, -0.2) is 9.97 Å². The third-order valence-corrected chi connectivity index (χ3v) is 3.68. The maximum atomic E-state index is 4.50. The summed E-state index contributed by atoms with van der Waals surface area (Å²) in [6, 6.07) is 1.99. The lowest BCUT2D eigenvalue weighted by atomic mass is 9.78. The maximum Gasteiger partial charge on any atom is 0.191 e. The van der Waals surface area contributed by atoms with Gasteiger partial charge < -0.3 is 10.6 Å². The van der Waals surface area contributed by atoms with Gasteiger partial charge in [0.2, 0.25) is 0 Å². The molecule has 1 aromatic heterocycles. The Hall–Kier alpha value is -0.970. The van der Waals surface area contributed by atoms with Crippen LogP contribution in [0.1, 0.15) is 33.1 Å². The Kier molecular flexibility index (Phi) is 3.76. The van der Waals surface area contributed by atoms with Crippen LogP contribution in [-0.4, -0.2) is 28.3 Å². The molecule has 0 amide bonds. The second-order valence-electron chi connectivity index (χ2n) is 4.69. The highest BCUT2D eigenvalue weighted by molar-refractivity contribution is 7.98. The fourth-order valence-corrected chi connectivity index (χ4v) is 2.37. The summed E-state index contributed by atoms with van der Waals surface area (Å²) in [5, 5.41) is 7.58. The van der Waals surface area contributed by atoms with E-state index in [-0.39, 0.29) is 5.54 Å². The molecular formula is C12H20N4S. The van der Waals surface area contributed by atoms with E-state index >= 15 is 0 Å². The summed E-state index contributed by atoms with van der Waals surface area (Å²) < 4.78 is 0. The van der Waals surface area contributed by atoms with Gasteiger partial charge in [-0.05, 0) is 39.4 Å². The summed E-state index contributed by atoms with van der Waals surface area (Å²) in [5.74, 6) is 1.83. The first-order valence-electron chi connectivity index (χ1n) is 6.10. The number of aromatic nitrogens is 2. The Balaban J connectivity index is 2.16.